The van der Waals surface area contributed by atoms with E-state index < -0.39 is 11.6 Å². The summed E-state index contributed by atoms with van der Waals surface area (Å²) in [5.41, 5.74) is 0.678. The number of amides is 3. The third-order valence-corrected chi connectivity index (χ3v) is 9.84. The van der Waals surface area contributed by atoms with E-state index in [0.29, 0.717) is 37.5 Å². The molecule has 5 rings (SSSR count). The molecule has 3 aliphatic rings. The van der Waals surface area contributed by atoms with E-state index in [1.165, 1.54) is 6.08 Å². The first-order valence-corrected chi connectivity index (χ1v) is 17.0. The fourth-order valence-electron chi connectivity index (χ4n) is 7.03. The molecule has 3 N–H and O–H groups in total. The molecule has 0 aromatic heterocycles. The summed E-state index contributed by atoms with van der Waals surface area (Å²) < 4.78 is 10.9. The molecule has 248 valence electrons. The van der Waals surface area contributed by atoms with Crippen LogP contribution in [0, 0.1) is 11.8 Å². The second-order valence-corrected chi connectivity index (χ2v) is 13.1. The number of hydrogen-bond donors (Lipinski definition) is 3. The van der Waals surface area contributed by atoms with Gasteiger partial charge >= 0.3 is 0 Å². The van der Waals surface area contributed by atoms with Gasteiger partial charge in [0.05, 0.1) is 7.11 Å². The summed E-state index contributed by atoms with van der Waals surface area (Å²) in [4.78, 5) is 43.2. The smallest absolute Gasteiger partial charge is 0.246 e. The van der Waals surface area contributed by atoms with Crippen LogP contribution in [0.2, 0.25) is 0 Å². The zero-order valence-electron chi connectivity index (χ0n) is 27.2. The van der Waals surface area contributed by atoms with Crippen molar-refractivity contribution in [2.75, 3.05) is 46.5 Å². The van der Waals surface area contributed by atoms with Crippen LogP contribution < -0.4 is 20.7 Å². The van der Waals surface area contributed by atoms with Gasteiger partial charge in [-0.15, -0.1) is 0 Å². The molecule has 2 aromatic carbocycles. The van der Waals surface area contributed by atoms with E-state index in [0.717, 1.165) is 88.4 Å². The van der Waals surface area contributed by atoms with Crippen molar-refractivity contribution < 1.29 is 23.9 Å². The average Bonchev–Trinajstić information content (AvgIpc) is 3.57. The number of para-hydroxylation sites is 1. The van der Waals surface area contributed by atoms with Crippen LogP contribution in [0.4, 0.5) is 0 Å². The molecular weight excluding hydrogens is 580 g/mol. The molecule has 2 aromatic rings. The first-order chi connectivity index (χ1) is 22.4. The van der Waals surface area contributed by atoms with Gasteiger partial charge in [-0.05, 0) is 81.2 Å². The molecule has 1 aliphatic carbocycles. The maximum atomic E-state index is 13.9. The third-order valence-electron chi connectivity index (χ3n) is 9.84. The predicted octanol–water partition coefficient (Wildman–Crippen LogP) is 4.12. The van der Waals surface area contributed by atoms with Gasteiger partial charge in [-0.1, -0.05) is 61.4 Å². The molecule has 2 heterocycles. The first kappa shape index (κ1) is 33.7. The lowest BCUT2D eigenvalue weighted by Gasteiger charge is -2.35. The van der Waals surface area contributed by atoms with Crippen LogP contribution in [0.3, 0.4) is 0 Å². The Hall–Kier alpha value is -3.69. The zero-order valence-corrected chi connectivity index (χ0v) is 27.2. The number of ether oxygens (including phenoxy) is 2. The third kappa shape index (κ3) is 9.42. The van der Waals surface area contributed by atoms with Gasteiger partial charge in [-0.25, -0.2) is 0 Å². The lowest BCUT2D eigenvalue weighted by atomic mass is 9.93. The molecule has 2 saturated heterocycles. The quantitative estimate of drug-likeness (QED) is 0.288. The van der Waals surface area contributed by atoms with E-state index >= 15 is 0 Å². The number of carbonyl (C=O) groups excluding carboxylic acids is 3. The van der Waals surface area contributed by atoms with Gasteiger partial charge in [-0.2, -0.15) is 0 Å². The van der Waals surface area contributed by atoms with Crippen molar-refractivity contribution in [3.05, 3.63) is 71.8 Å². The monoisotopic (exact) mass is 630 g/mol. The Morgan fingerprint density at radius 3 is 2.37 bits per heavy atom. The molecule has 9 nitrogen and oxygen atoms in total. The van der Waals surface area contributed by atoms with E-state index in [-0.39, 0.29) is 17.7 Å². The fourth-order valence-corrected chi connectivity index (χ4v) is 7.03. The minimum absolute atomic E-state index is 0.183. The number of likely N-dealkylation sites (tertiary alicyclic amines) is 1. The summed E-state index contributed by atoms with van der Waals surface area (Å²) in [6.07, 6.45) is 10.6. The van der Waals surface area contributed by atoms with Gasteiger partial charge in [0.2, 0.25) is 17.7 Å². The van der Waals surface area contributed by atoms with E-state index in [4.69, 9.17) is 9.47 Å². The number of nitrogens with zero attached hydrogens (tertiary/aromatic N) is 1. The first-order valence-electron chi connectivity index (χ1n) is 17.0. The maximum Gasteiger partial charge on any atom is 0.246 e. The van der Waals surface area contributed by atoms with Crippen molar-refractivity contribution in [2.24, 2.45) is 11.8 Å². The molecule has 2 aliphatic heterocycles. The van der Waals surface area contributed by atoms with Gasteiger partial charge in [0.25, 0.3) is 0 Å². The molecule has 0 bridgehead atoms. The van der Waals surface area contributed by atoms with Crippen LogP contribution in [-0.2, 0) is 25.5 Å². The summed E-state index contributed by atoms with van der Waals surface area (Å²) in [7, 11) is 1.59. The SMILES string of the molecule is COc1ccccc1/C=C/C(=O)NC1(C(=O)N[C@H](Cc2ccccc2)C(=O)NCC2CCN(CC3CCOCC3)CC2)CCCC1. The number of methoxy groups -OCH3 is 1. The van der Waals surface area contributed by atoms with Gasteiger partial charge in [0.1, 0.15) is 17.3 Å². The lowest BCUT2D eigenvalue weighted by molar-refractivity contribution is -0.135. The Balaban J connectivity index is 1.18. The summed E-state index contributed by atoms with van der Waals surface area (Å²) in [6.45, 7) is 5.60. The number of nitrogens with one attached hydrogen (secondary N) is 3. The molecule has 0 radical (unpaired) electrons. The number of rotatable bonds is 13. The van der Waals surface area contributed by atoms with Crippen molar-refractivity contribution in [3.8, 4) is 5.75 Å². The van der Waals surface area contributed by atoms with Gasteiger partial charge in [0.15, 0.2) is 0 Å². The Morgan fingerprint density at radius 2 is 1.65 bits per heavy atom. The molecule has 3 amide bonds. The average molecular weight is 631 g/mol. The number of carbonyl (C=O) groups is 3. The topological polar surface area (TPSA) is 109 Å². The Labute approximate surface area is 273 Å². The van der Waals surface area contributed by atoms with Gasteiger partial charge in [-0.3, -0.25) is 14.4 Å². The summed E-state index contributed by atoms with van der Waals surface area (Å²) in [5, 5.41) is 9.23. The second kappa shape index (κ2) is 16.7. The normalized spacial score (nSPS) is 19.8. The summed E-state index contributed by atoms with van der Waals surface area (Å²) >= 11 is 0. The highest BCUT2D eigenvalue weighted by molar-refractivity contribution is 5.99. The Morgan fingerprint density at radius 1 is 0.957 bits per heavy atom. The van der Waals surface area contributed by atoms with Crippen molar-refractivity contribution in [1.29, 1.82) is 0 Å². The Bertz CT molecular complexity index is 1310. The van der Waals surface area contributed by atoms with Crippen LogP contribution in [0.5, 0.6) is 5.75 Å². The number of benzene rings is 2. The van der Waals surface area contributed by atoms with E-state index in [1.807, 2.05) is 54.6 Å². The van der Waals surface area contributed by atoms with E-state index in [1.54, 1.807) is 13.2 Å². The van der Waals surface area contributed by atoms with Crippen LogP contribution in [-0.4, -0.2) is 80.7 Å². The van der Waals surface area contributed by atoms with Gasteiger partial charge < -0.3 is 30.3 Å². The minimum Gasteiger partial charge on any atom is -0.496 e. The molecule has 46 heavy (non-hydrogen) atoms. The van der Waals surface area contributed by atoms with Crippen LogP contribution in [0.25, 0.3) is 6.08 Å². The lowest BCUT2D eigenvalue weighted by Crippen LogP contribution is -2.61. The molecule has 9 heteroatoms. The molecule has 1 atom stereocenters. The fraction of sp³-hybridized carbons (Fsp3) is 0.541. The molecule has 0 unspecified atom stereocenters. The van der Waals surface area contributed by atoms with Crippen LogP contribution in [0.15, 0.2) is 60.7 Å². The predicted molar refractivity (Wildman–Crippen MR) is 179 cm³/mol. The van der Waals surface area contributed by atoms with Crippen molar-refractivity contribution in [3.63, 3.8) is 0 Å². The highest BCUT2D eigenvalue weighted by atomic mass is 16.5. The molecule has 3 fully saturated rings. The van der Waals surface area contributed by atoms with E-state index in [2.05, 4.69) is 20.9 Å². The number of piperidine rings is 1. The van der Waals surface area contributed by atoms with Crippen LogP contribution in [0.1, 0.15) is 62.5 Å². The van der Waals surface area contributed by atoms with Crippen molar-refractivity contribution >= 4 is 23.8 Å². The summed E-state index contributed by atoms with van der Waals surface area (Å²) in [6, 6.07) is 16.4. The van der Waals surface area contributed by atoms with Crippen molar-refractivity contribution in [1.82, 2.24) is 20.9 Å². The molecule has 0 spiro atoms. The maximum absolute atomic E-state index is 13.9. The zero-order chi connectivity index (χ0) is 32.2. The summed E-state index contributed by atoms with van der Waals surface area (Å²) in [5.74, 6) is 0.964. The van der Waals surface area contributed by atoms with E-state index in [9.17, 15) is 14.4 Å². The Kier molecular flexibility index (Phi) is 12.3. The standard InChI is InChI=1S/C37H50N4O5/c1-45-33-12-6-5-11-31(33)13-14-34(42)40-37(19-7-8-20-37)36(44)39-32(25-28-9-3-2-4-10-28)35(43)38-26-29-15-21-41(22-16-29)27-30-17-23-46-24-18-30/h2-6,9-14,29-30,32H,7-8,15-27H2,1H3,(H,38,43)(H,39,44)(H,40,42)/b14-13+/t32-/m1/s1. The molecular formula is C37H50N4O5. The minimum atomic E-state index is -1.06. The number of hydrogen-bond acceptors (Lipinski definition) is 6. The van der Waals surface area contributed by atoms with Gasteiger partial charge in [0, 0.05) is 44.4 Å². The highest BCUT2D eigenvalue weighted by Crippen LogP contribution is 2.30. The second-order valence-electron chi connectivity index (χ2n) is 13.1. The van der Waals surface area contributed by atoms with Crippen molar-refractivity contribution in [2.45, 2.75) is 69.4 Å². The highest BCUT2D eigenvalue weighted by Gasteiger charge is 2.43. The van der Waals surface area contributed by atoms with Crippen LogP contribution >= 0.6 is 0 Å². The largest absolute Gasteiger partial charge is 0.496 e. The molecule has 1 saturated carbocycles.